The molecule has 6 heteroatoms. The highest BCUT2D eigenvalue weighted by atomic mass is 35.5. The lowest BCUT2D eigenvalue weighted by Crippen LogP contribution is -2.17. The van der Waals surface area contributed by atoms with Gasteiger partial charge in [0.15, 0.2) is 0 Å². The van der Waals surface area contributed by atoms with Crippen molar-refractivity contribution in [2.75, 3.05) is 7.05 Å². The van der Waals surface area contributed by atoms with Crippen molar-refractivity contribution in [3.63, 3.8) is 0 Å². The summed E-state index contributed by atoms with van der Waals surface area (Å²) in [4.78, 5) is 7.52. The Kier molecular flexibility index (Phi) is 4.34. The summed E-state index contributed by atoms with van der Waals surface area (Å²) >= 11 is 7.76. The standard InChI is InChI=1S/C15H14ClN3OS/c1-19(9-11-5-2-3-6-12(11)16)10-14-17-15(18-20-14)13-7-4-8-21-13/h2-8H,9-10H2,1H3. The normalized spacial score (nSPS) is 11.2. The molecule has 0 amide bonds. The maximum atomic E-state index is 6.17. The van der Waals surface area contributed by atoms with Crippen molar-refractivity contribution in [3.05, 3.63) is 58.3 Å². The highest BCUT2D eigenvalue weighted by molar-refractivity contribution is 7.13. The Morgan fingerprint density at radius 3 is 2.81 bits per heavy atom. The Hall–Kier alpha value is -1.69. The summed E-state index contributed by atoms with van der Waals surface area (Å²) < 4.78 is 5.30. The number of aromatic nitrogens is 2. The fourth-order valence-corrected chi connectivity index (χ4v) is 2.87. The number of thiophene rings is 1. The Morgan fingerprint density at radius 2 is 2.05 bits per heavy atom. The molecule has 2 aromatic heterocycles. The van der Waals surface area contributed by atoms with Crippen LogP contribution in [0.5, 0.6) is 0 Å². The van der Waals surface area contributed by atoms with Crippen molar-refractivity contribution in [2.45, 2.75) is 13.1 Å². The monoisotopic (exact) mass is 319 g/mol. The third kappa shape index (κ3) is 3.50. The Balaban J connectivity index is 1.65. The van der Waals surface area contributed by atoms with Crippen LogP contribution in [0, 0.1) is 0 Å². The van der Waals surface area contributed by atoms with Gasteiger partial charge in [-0.2, -0.15) is 4.98 Å². The lowest BCUT2D eigenvalue weighted by molar-refractivity contribution is 0.261. The molecule has 3 rings (SSSR count). The van der Waals surface area contributed by atoms with E-state index < -0.39 is 0 Å². The quantitative estimate of drug-likeness (QED) is 0.710. The number of hydrogen-bond donors (Lipinski definition) is 0. The first kappa shape index (κ1) is 14.3. The largest absolute Gasteiger partial charge is 0.338 e. The fourth-order valence-electron chi connectivity index (χ4n) is 2.03. The summed E-state index contributed by atoms with van der Waals surface area (Å²) in [6, 6.07) is 11.8. The zero-order valence-electron chi connectivity index (χ0n) is 11.5. The van der Waals surface area contributed by atoms with Gasteiger partial charge in [0.05, 0.1) is 11.4 Å². The van der Waals surface area contributed by atoms with Crippen LogP contribution in [0.4, 0.5) is 0 Å². The van der Waals surface area contributed by atoms with Gasteiger partial charge in [-0.3, -0.25) is 4.90 Å². The minimum atomic E-state index is 0.587. The molecule has 108 valence electrons. The van der Waals surface area contributed by atoms with Crippen LogP contribution < -0.4 is 0 Å². The van der Waals surface area contributed by atoms with Gasteiger partial charge in [-0.15, -0.1) is 11.3 Å². The Labute approximate surface area is 132 Å². The topological polar surface area (TPSA) is 42.2 Å². The summed E-state index contributed by atoms with van der Waals surface area (Å²) in [5.41, 5.74) is 1.08. The average Bonchev–Trinajstić information content (AvgIpc) is 3.12. The average molecular weight is 320 g/mol. The van der Waals surface area contributed by atoms with E-state index in [0.29, 0.717) is 18.3 Å². The van der Waals surface area contributed by atoms with Crippen LogP contribution in [0.2, 0.25) is 5.02 Å². The first-order valence-electron chi connectivity index (χ1n) is 6.51. The molecule has 2 heterocycles. The molecule has 1 aromatic carbocycles. The summed E-state index contributed by atoms with van der Waals surface area (Å²) in [5, 5.41) is 6.78. The maximum absolute atomic E-state index is 6.17. The van der Waals surface area contributed by atoms with E-state index in [1.807, 2.05) is 48.8 Å². The second-order valence-corrected chi connectivity index (χ2v) is 6.11. The third-order valence-corrected chi connectivity index (χ3v) is 4.25. The van der Waals surface area contributed by atoms with Crippen LogP contribution in [0.3, 0.4) is 0 Å². The SMILES string of the molecule is CN(Cc1nc(-c2cccs2)no1)Cc1ccccc1Cl. The molecule has 0 aliphatic carbocycles. The van der Waals surface area contributed by atoms with Crippen molar-refractivity contribution < 1.29 is 4.52 Å². The molecule has 0 saturated carbocycles. The number of hydrogen-bond acceptors (Lipinski definition) is 5. The van der Waals surface area contributed by atoms with Crippen molar-refractivity contribution in [1.29, 1.82) is 0 Å². The first-order valence-corrected chi connectivity index (χ1v) is 7.76. The van der Waals surface area contributed by atoms with Gasteiger partial charge in [-0.05, 0) is 30.1 Å². The van der Waals surface area contributed by atoms with Crippen LogP contribution in [-0.4, -0.2) is 22.1 Å². The van der Waals surface area contributed by atoms with E-state index in [4.69, 9.17) is 16.1 Å². The molecule has 0 saturated heterocycles. The number of halogens is 1. The predicted octanol–water partition coefficient (Wildman–Crippen LogP) is 4.08. The fraction of sp³-hybridized carbons (Fsp3) is 0.200. The summed E-state index contributed by atoms with van der Waals surface area (Å²) in [6.45, 7) is 1.32. The highest BCUT2D eigenvalue weighted by Gasteiger charge is 2.12. The van der Waals surface area contributed by atoms with Crippen molar-refractivity contribution >= 4 is 22.9 Å². The van der Waals surface area contributed by atoms with E-state index in [9.17, 15) is 0 Å². The number of rotatable bonds is 5. The van der Waals surface area contributed by atoms with Crippen molar-refractivity contribution in [3.8, 4) is 10.7 Å². The Morgan fingerprint density at radius 1 is 1.19 bits per heavy atom. The zero-order valence-corrected chi connectivity index (χ0v) is 13.1. The molecule has 0 atom stereocenters. The molecular weight excluding hydrogens is 306 g/mol. The molecule has 3 aromatic rings. The summed E-state index contributed by atoms with van der Waals surface area (Å²) in [7, 11) is 2.00. The molecule has 0 aliphatic heterocycles. The van der Waals surface area contributed by atoms with E-state index >= 15 is 0 Å². The third-order valence-electron chi connectivity index (χ3n) is 3.01. The van der Waals surface area contributed by atoms with E-state index in [1.165, 1.54) is 0 Å². The van der Waals surface area contributed by atoms with Gasteiger partial charge in [0.2, 0.25) is 11.7 Å². The lowest BCUT2D eigenvalue weighted by atomic mass is 10.2. The van der Waals surface area contributed by atoms with Crippen LogP contribution >= 0.6 is 22.9 Å². The van der Waals surface area contributed by atoms with Crippen LogP contribution in [-0.2, 0) is 13.1 Å². The molecule has 0 spiro atoms. The molecule has 0 aliphatic rings. The van der Waals surface area contributed by atoms with Gasteiger partial charge in [0.1, 0.15) is 0 Å². The molecular formula is C15H14ClN3OS. The highest BCUT2D eigenvalue weighted by Crippen LogP contribution is 2.22. The van der Waals surface area contributed by atoms with E-state index in [1.54, 1.807) is 11.3 Å². The maximum Gasteiger partial charge on any atom is 0.241 e. The van der Waals surface area contributed by atoms with Crippen LogP contribution in [0.25, 0.3) is 10.7 Å². The molecule has 4 nitrogen and oxygen atoms in total. The van der Waals surface area contributed by atoms with Crippen LogP contribution in [0.1, 0.15) is 11.5 Å². The predicted molar refractivity (Wildman–Crippen MR) is 84.2 cm³/mol. The molecule has 0 fully saturated rings. The second-order valence-electron chi connectivity index (χ2n) is 4.75. The minimum Gasteiger partial charge on any atom is -0.338 e. The van der Waals surface area contributed by atoms with E-state index in [2.05, 4.69) is 15.0 Å². The van der Waals surface area contributed by atoms with E-state index in [-0.39, 0.29) is 0 Å². The number of benzene rings is 1. The number of nitrogens with zero attached hydrogens (tertiary/aromatic N) is 3. The lowest BCUT2D eigenvalue weighted by Gasteiger charge is -2.14. The zero-order chi connectivity index (χ0) is 14.7. The smallest absolute Gasteiger partial charge is 0.241 e. The van der Waals surface area contributed by atoms with Crippen molar-refractivity contribution in [1.82, 2.24) is 15.0 Å². The summed E-state index contributed by atoms with van der Waals surface area (Å²) in [5.74, 6) is 1.25. The molecule has 0 radical (unpaired) electrons. The van der Waals surface area contributed by atoms with Gasteiger partial charge in [-0.25, -0.2) is 0 Å². The van der Waals surface area contributed by atoms with Crippen molar-refractivity contribution in [2.24, 2.45) is 0 Å². The first-order chi connectivity index (χ1) is 10.2. The van der Waals surface area contributed by atoms with Gasteiger partial charge in [0, 0.05) is 11.6 Å². The minimum absolute atomic E-state index is 0.587. The van der Waals surface area contributed by atoms with Gasteiger partial charge < -0.3 is 4.52 Å². The van der Waals surface area contributed by atoms with E-state index in [0.717, 1.165) is 22.0 Å². The molecule has 0 N–H and O–H groups in total. The van der Waals surface area contributed by atoms with Crippen LogP contribution in [0.15, 0.2) is 46.3 Å². The van der Waals surface area contributed by atoms with Gasteiger partial charge in [-0.1, -0.05) is 41.0 Å². The summed E-state index contributed by atoms with van der Waals surface area (Å²) in [6.07, 6.45) is 0. The Bertz CT molecular complexity index is 711. The second kappa shape index (κ2) is 6.39. The molecule has 0 unspecified atom stereocenters. The van der Waals surface area contributed by atoms with Gasteiger partial charge >= 0.3 is 0 Å². The molecule has 21 heavy (non-hydrogen) atoms. The van der Waals surface area contributed by atoms with Gasteiger partial charge in [0.25, 0.3) is 0 Å². The molecule has 0 bridgehead atoms.